The van der Waals surface area contributed by atoms with E-state index in [0.29, 0.717) is 6.42 Å². The molecule has 34 heavy (non-hydrogen) atoms. The first-order valence-electron chi connectivity index (χ1n) is 12.9. The Morgan fingerprint density at radius 1 is 1.00 bits per heavy atom. The molecule has 0 aromatic carbocycles. The summed E-state index contributed by atoms with van der Waals surface area (Å²) >= 11 is 0. The lowest BCUT2D eigenvalue weighted by Crippen LogP contribution is -2.80. The Balaban J connectivity index is 0.00000190. The Labute approximate surface area is 205 Å². The van der Waals surface area contributed by atoms with Crippen molar-refractivity contribution in [2.45, 2.75) is 115 Å². The number of hydrogen-bond acceptors (Lipinski definition) is 5. The number of carbonyl (C=O) groups is 2. The van der Waals surface area contributed by atoms with Crippen molar-refractivity contribution >= 4 is 18.3 Å². The molecule has 1 aliphatic rings. The number of aliphatic hydroxyl groups is 1. The summed E-state index contributed by atoms with van der Waals surface area (Å²) < 4.78 is 5.02. The third-order valence-corrected chi connectivity index (χ3v) is 5.65. The van der Waals surface area contributed by atoms with Crippen LogP contribution in [0.1, 0.15) is 104 Å². The zero-order valence-corrected chi connectivity index (χ0v) is 21.3. The second-order valence-electron chi connectivity index (χ2n) is 8.86. The van der Waals surface area contributed by atoms with E-state index in [4.69, 9.17) is 14.9 Å². The third kappa shape index (κ3) is 19.5. The molecule has 1 heterocycles. The molecule has 0 aliphatic carbocycles. The number of ether oxygens (including phenoxy) is 1. The summed E-state index contributed by atoms with van der Waals surface area (Å²) in [7, 11) is 0. The average Bonchev–Trinajstić information content (AvgIpc) is 3.37. The number of unbranched alkanes of at least 4 members (excludes halogenated alkanes) is 12. The van der Waals surface area contributed by atoms with E-state index in [-0.39, 0.29) is 0 Å². The Bertz CT molecular complexity index is 623. The molecule has 0 spiro atoms. The molecule has 0 radical (unpaired) electrons. The number of rotatable bonds is 18. The molecular formula is C26H47N2O6+. The van der Waals surface area contributed by atoms with Crippen molar-refractivity contribution in [2.24, 2.45) is 4.99 Å². The smallest absolute Gasteiger partial charge is 0.329 e. The van der Waals surface area contributed by atoms with Crippen molar-refractivity contribution in [1.29, 1.82) is 0 Å². The van der Waals surface area contributed by atoms with Gasteiger partial charge < -0.3 is 25.4 Å². The normalized spacial score (nSPS) is 14.9. The van der Waals surface area contributed by atoms with Gasteiger partial charge in [-0.25, -0.2) is 9.79 Å². The molecule has 1 aliphatic heterocycles. The summed E-state index contributed by atoms with van der Waals surface area (Å²) in [5.74, 6) is 3.05. The molecule has 0 amide bonds. The van der Waals surface area contributed by atoms with Crippen molar-refractivity contribution < 1.29 is 35.0 Å². The number of carboxylic acids is 2. The predicted molar refractivity (Wildman–Crippen MR) is 134 cm³/mol. The van der Waals surface area contributed by atoms with Crippen LogP contribution in [0.25, 0.3) is 0 Å². The van der Waals surface area contributed by atoms with Gasteiger partial charge in [0.2, 0.25) is 0 Å². The first kappa shape index (κ1) is 32.0. The zero-order chi connectivity index (χ0) is 25.5. The third-order valence-electron chi connectivity index (χ3n) is 5.65. The van der Waals surface area contributed by atoms with E-state index in [1.165, 1.54) is 64.7 Å². The summed E-state index contributed by atoms with van der Waals surface area (Å²) in [5, 5.41) is 30.2. The molecule has 2 unspecified atom stereocenters. The summed E-state index contributed by atoms with van der Waals surface area (Å²) in [5.41, 5.74) is -1.89. The topological polar surface area (TPSA) is 133 Å². The number of nitrogens with zero attached hydrogens (tertiary/aromatic N) is 1. The Kier molecular flexibility index (Phi) is 20.3. The molecule has 196 valence electrons. The molecule has 8 heteroatoms. The number of hydrogen-bond donors (Lipinski definition) is 4. The molecule has 0 bridgehead atoms. The summed E-state index contributed by atoms with van der Waals surface area (Å²) in [4.78, 5) is 25.5. The minimum absolute atomic E-state index is 0.574. The molecule has 2 atom stereocenters. The lowest BCUT2D eigenvalue weighted by Gasteiger charge is -2.27. The predicted octanol–water partition coefficient (Wildman–Crippen LogP) is 3.37. The van der Waals surface area contributed by atoms with Crippen molar-refractivity contribution in [3.8, 4) is 11.8 Å². The van der Waals surface area contributed by atoms with Gasteiger partial charge >= 0.3 is 11.9 Å². The van der Waals surface area contributed by atoms with Gasteiger partial charge in [0.05, 0.1) is 19.1 Å². The fraction of sp³-hybridized carbons (Fsp3) is 0.808. The van der Waals surface area contributed by atoms with Crippen LogP contribution in [0.2, 0.25) is 0 Å². The average molecular weight is 484 g/mol. The second-order valence-corrected chi connectivity index (χ2v) is 8.86. The molecule has 0 saturated heterocycles. The highest BCUT2D eigenvalue weighted by Gasteiger charge is 2.35. The van der Waals surface area contributed by atoms with Crippen LogP contribution in [-0.4, -0.2) is 65.0 Å². The van der Waals surface area contributed by atoms with E-state index in [1.54, 1.807) is 0 Å². The monoisotopic (exact) mass is 483 g/mol. The van der Waals surface area contributed by atoms with Gasteiger partial charge in [0.1, 0.15) is 13.2 Å². The lowest BCUT2D eigenvalue weighted by molar-refractivity contribution is -0.518. The van der Waals surface area contributed by atoms with Gasteiger partial charge in [-0.2, -0.15) is 0 Å². The highest BCUT2D eigenvalue weighted by Crippen LogP contribution is 2.18. The maximum Gasteiger partial charge on any atom is 0.329 e. The van der Waals surface area contributed by atoms with E-state index >= 15 is 0 Å². The van der Waals surface area contributed by atoms with Crippen LogP contribution in [0, 0.1) is 11.8 Å². The zero-order valence-electron chi connectivity index (χ0n) is 21.3. The van der Waals surface area contributed by atoms with Gasteiger partial charge in [0.15, 0.2) is 11.9 Å². The first-order valence-corrected chi connectivity index (χ1v) is 12.9. The van der Waals surface area contributed by atoms with Crippen molar-refractivity contribution in [2.75, 3.05) is 19.7 Å². The fourth-order valence-electron chi connectivity index (χ4n) is 3.50. The highest BCUT2D eigenvalue weighted by atomic mass is 16.5. The largest absolute Gasteiger partial charge is 0.481 e. The number of quaternary nitrogens is 1. The van der Waals surface area contributed by atoms with Crippen molar-refractivity contribution in [3.63, 3.8) is 0 Å². The van der Waals surface area contributed by atoms with Crippen molar-refractivity contribution in [1.82, 2.24) is 0 Å². The molecule has 0 aromatic heterocycles. The Morgan fingerprint density at radius 3 is 1.97 bits per heavy atom. The number of aliphatic carboxylic acids is 2. The fourth-order valence-corrected chi connectivity index (χ4v) is 3.50. The van der Waals surface area contributed by atoms with Gasteiger partial charge in [0.25, 0.3) is 0 Å². The highest BCUT2D eigenvalue weighted by molar-refractivity contribution is 5.69. The van der Waals surface area contributed by atoms with Crippen LogP contribution in [0.5, 0.6) is 0 Å². The standard InChI is InChI=1S/C23H40O6.C3H6N2/c1-3-4-5-6-7-8-9-10-11-12-13-14-15-16-17-23(28,18-21(24)25)20(2)29-19-22(26)27;1-2-5-3-4-1/h20,28H,3-15,18-19H2,1-2H3,(H,24,25)(H,26,27);3H,1-2H2,(H,4,5)/p+1. The first-order chi connectivity index (χ1) is 16.3. The van der Waals surface area contributed by atoms with E-state index in [1.807, 2.05) is 6.34 Å². The lowest BCUT2D eigenvalue weighted by atomic mass is 9.94. The van der Waals surface area contributed by atoms with Crippen LogP contribution in [0.4, 0.5) is 0 Å². The number of carboxylic acid groups (broad SMARTS) is 2. The Hall–Kier alpha value is -1.95. The molecular weight excluding hydrogens is 436 g/mol. The van der Waals surface area contributed by atoms with E-state index < -0.39 is 36.7 Å². The summed E-state index contributed by atoms with van der Waals surface area (Å²) in [6.45, 7) is 5.23. The van der Waals surface area contributed by atoms with Gasteiger partial charge in [-0.15, -0.1) is 5.92 Å². The molecule has 5 N–H and O–H groups in total. The summed E-state index contributed by atoms with van der Waals surface area (Å²) in [6, 6.07) is 0. The molecule has 1 rings (SSSR count). The van der Waals surface area contributed by atoms with Crippen LogP contribution < -0.4 is 5.32 Å². The van der Waals surface area contributed by atoms with Crippen LogP contribution in [-0.2, 0) is 14.3 Å². The van der Waals surface area contributed by atoms with Crippen LogP contribution >= 0.6 is 0 Å². The molecule has 0 aromatic rings. The van der Waals surface area contributed by atoms with Gasteiger partial charge in [-0.3, -0.25) is 4.79 Å². The maximum atomic E-state index is 11.0. The molecule has 0 fully saturated rings. The molecule has 0 saturated carbocycles. The Morgan fingerprint density at radius 2 is 1.56 bits per heavy atom. The summed E-state index contributed by atoms with van der Waals surface area (Å²) in [6.07, 6.45) is 15.8. The van der Waals surface area contributed by atoms with Gasteiger partial charge in [0, 0.05) is 6.42 Å². The quantitative estimate of drug-likeness (QED) is 0.174. The van der Waals surface area contributed by atoms with Crippen molar-refractivity contribution in [3.05, 3.63) is 0 Å². The number of nitrogens with two attached hydrogens (primary N) is 1. The van der Waals surface area contributed by atoms with E-state index in [2.05, 4.69) is 29.1 Å². The van der Waals surface area contributed by atoms with E-state index in [0.717, 1.165) is 32.4 Å². The minimum Gasteiger partial charge on any atom is -0.481 e. The number of aliphatic imine (C=N–C) groups is 1. The maximum absolute atomic E-state index is 11.0. The van der Waals surface area contributed by atoms with Crippen LogP contribution in [0.15, 0.2) is 4.99 Å². The van der Waals surface area contributed by atoms with Gasteiger partial charge in [-0.1, -0.05) is 83.5 Å². The minimum atomic E-state index is -1.89. The second kappa shape index (κ2) is 21.6. The van der Waals surface area contributed by atoms with E-state index in [9.17, 15) is 14.7 Å². The SMILES string of the molecule is C1=NCC[NH2+]1.CCCCCCCCCCCCCCC#CC(O)(CC(=O)O)C(C)OCC(=O)O. The molecule has 8 nitrogen and oxygen atoms in total. The van der Waals surface area contributed by atoms with Gasteiger partial charge in [-0.05, 0) is 13.3 Å². The van der Waals surface area contributed by atoms with Crippen LogP contribution in [0.3, 0.4) is 0 Å².